The molecule has 0 aliphatic heterocycles. The number of hydrogen-bond acceptors (Lipinski definition) is 2. The van der Waals surface area contributed by atoms with Crippen molar-refractivity contribution >= 4 is 23.0 Å². The van der Waals surface area contributed by atoms with E-state index in [1.165, 1.54) is 19.3 Å². The highest BCUT2D eigenvalue weighted by molar-refractivity contribution is 6.31. The molecule has 0 saturated heterocycles. The molecule has 92 valence electrons. The summed E-state index contributed by atoms with van der Waals surface area (Å²) in [7, 11) is 0. The van der Waals surface area contributed by atoms with Crippen molar-refractivity contribution in [2.75, 3.05) is 17.6 Å². The molecule has 0 radical (unpaired) electrons. The lowest BCUT2D eigenvalue weighted by Gasteiger charge is -2.13. The van der Waals surface area contributed by atoms with Gasteiger partial charge in [-0.25, -0.2) is 0 Å². The van der Waals surface area contributed by atoms with Gasteiger partial charge in [-0.1, -0.05) is 23.3 Å². The minimum atomic E-state index is 0.766. The first-order valence-electron chi connectivity index (χ1n) is 6.15. The van der Waals surface area contributed by atoms with Gasteiger partial charge in [0.05, 0.1) is 11.4 Å². The first-order chi connectivity index (χ1) is 8.18. The van der Waals surface area contributed by atoms with Crippen molar-refractivity contribution in [3.8, 4) is 0 Å². The highest BCUT2D eigenvalue weighted by atomic mass is 35.5. The summed E-state index contributed by atoms with van der Waals surface area (Å²) >= 11 is 6.08. The summed E-state index contributed by atoms with van der Waals surface area (Å²) in [5, 5.41) is 4.16. The summed E-state index contributed by atoms with van der Waals surface area (Å²) < 4.78 is 0. The van der Waals surface area contributed by atoms with Crippen molar-refractivity contribution in [3.05, 3.63) is 34.4 Å². The third kappa shape index (κ3) is 2.95. The van der Waals surface area contributed by atoms with Gasteiger partial charge in [0.25, 0.3) is 0 Å². The number of halogens is 1. The third-order valence-corrected chi connectivity index (χ3v) is 3.72. The van der Waals surface area contributed by atoms with Crippen LogP contribution in [0.4, 0.5) is 11.4 Å². The van der Waals surface area contributed by atoms with Crippen molar-refractivity contribution in [2.24, 2.45) is 0 Å². The van der Waals surface area contributed by atoms with Crippen LogP contribution in [-0.4, -0.2) is 6.54 Å². The van der Waals surface area contributed by atoms with E-state index in [0.29, 0.717) is 0 Å². The van der Waals surface area contributed by atoms with Gasteiger partial charge in [0, 0.05) is 11.6 Å². The van der Waals surface area contributed by atoms with Gasteiger partial charge in [0.2, 0.25) is 0 Å². The van der Waals surface area contributed by atoms with Crippen LogP contribution >= 0.6 is 11.6 Å². The van der Waals surface area contributed by atoms with E-state index < -0.39 is 0 Å². The molecule has 0 unspecified atom stereocenters. The molecule has 1 aliphatic carbocycles. The van der Waals surface area contributed by atoms with Crippen molar-refractivity contribution in [3.63, 3.8) is 0 Å². The van der Waals surface area contributed by atoms with Crippen LogP contribution < -0.4 is 11.1 Å². The topological polar surface area (TPSA) is 38.0 Å². The fraction of sp³-hybridized carbons (Fsp3) is 0.429. The molecular weight excluding hydrogens is 232 g/mol. The van der Waals surface area contributed by atoms with Crippen LogP contribution in [0.15, 0.2) is 23.8 Å². The Hall–Kier alpha value is -1.15. The average Bonchev–Trinajstić information content (AvgIpc) is 2.81. The largest absolute Gasteiger partial charge is 0.397 e. The van der Waals surface area contributed by atoms with Gasteiger partial charge in [0.15, 0.2) is 0 Å². The molecule has 3 N–H and O–H groups in total. The number of allylic oxidation sites excluding steroid dienone is 1. The molecule has 1 aliphatic rings. The van der Waals surface area contributed by atoms with Crippen LogP contribution in [0, 0.1) is 6.92 Å². The molecule has 0 saturated carbocycles. The first-order valence-corrected chi connectivity index (χ1v) is 6.52. The summed E-state index contributed by atoms with van der Waals surface area (Å²) in [5.41, 5.74) is 10.3. The normalized spacial score (nSPS) is 14.8. The van der Waals surface area contributed by atoms with Crippen molar-refractivity contribution in [2.45, 2.75) is 32.6 Å². The summed E-state index contributed by atoms with van der Waals surface area (Å²) in [4.78, 5) is 0. The van der Waals surface area contributed by atoms with Gasteiger partial charge >= 0.3 is 0 Å². The van der Waals surface area contributed by atoms with E-state index in [1.807, 2.05) is 19.1 Å². The Labute approximate surface area is 108 Å². The Morgan fingerprint density at radius 3 is 2.94 bits per heavy atom. The highest BCUT2D eigenvalue weighted by Gasteiger charge is 2.08. The van der Waals surface area contributed by atoms with Crippen LogP contribution in [0.1, 0.15) is 31.2 Å². The molecule has 2 nitrogen and oxygen atoms in total. The van der Waals surface area contributed by atoms with Crippen LogP contribution in [0.5, 0.6) is 0 Å². The number of hydrogen-bond donors (Lipinski definition) is 2. The highest BCUT2D eigenvalue weighted by Crippen LogP contribution is 2.29. The zero-order valence-corrected chi connectivity index (χ0v) is 11.0. The fourth-order valence-corrected chi connectivity index (χ4v) is 2.41. The molecule has 0 amide bonds. The molecule has 1 aromatic rings. The molecule has 17 heavy (non-hydrogen) atoms. The second-order valence-electron chi connectivity index (χ2n) is 4.57. The van der Waals surface area contributed by atoms with Gasteiger partial charge in [-0.15, -0.1) is 0 Å². The van der Waals surface area contributed by atoms with E-state index in [0.717, 1.165) is 34.9 Å². The molecule has 0 atom stereocenters. The quantitative estimate of drug-likeness (QED) is 0.623. The smallest absolute Gasteiger partial charge is 0.0618 e. The van der Waals surface area contributed by atoms with Gasteiger partial charge in [-0.05, 0) is 50.3 Å². The van der Waals surface area contributed by atoms with E-state index in [-0.39, 0.29) is 0 Å². The molecule has 3 heteroatoms. The van der Waals surface area contributed by atoms with E-state index in [2.05, 4.69) is 11.4 Å². The van der Waals surface area contributed by atoms with E-state index in [1.54, 1.807) is 5.57 Å². The Morgan fingerprint density at radius 1 is 1.41 bits per heavy atom. The molecular formula is C14H19ClN2. The van der Waals surface area contributed by atoms with Gasteiger partial charge in [0.1, 0.15) is 0 Å². The summed E-state index contributed by atoms with van der Waals surface area (Å²) in [6.45, 7) is 2.92. The lowest BCUT2D eigenvalue weighted by atomic mass is 10.1. The Balaban J connectivity index is 1.96. The predicted octanol–water partition coefficient (Wildman–Crippen LogP) is 4.14. The number of nitrogens with one attached hydrogen (secondary N) is 1. The number of anilines is 2. The van der Waals surface area contributed by atoms with Gasteiger partial charge in [-0.3, -0.25) is 0 Å². The lowest BCUT2D eigenvalue weighted by molar-refractivity contribution is 0.863. The number of rotatable bonds is 4. The molecule has 0 heterocycles. The third-order valence-electron chi connectivity index (χ3n) is 3.31. The fourth-order valence-electron chi connectivity index (χ4n) is 2.25. The van der Waals surface area contributed by atoms with Crippen LogP contribution in [0.25, 0.3) is 0 Å². The van der Waals surface area contributed by atoms with Gasteiger partial charge < -0.3 is 11.1 Å². The van der Waals surface area contributed by atoms with Crippen LogP contribution in [0.2, 0.25) is 5.02 Å². The van der Waals surface area contributed by atoms with E-state index >= 15 is 0 Å². The number of nitrogen functional groups attached to an aromatic ring is 1. The number of nitrogens with two attached hydrogens (primary N) is 1. The number of benzene rings is 1. The van der Waals surface area contributed by atoms with Crippen molar-refractivity contribution in [1.82, 2.24) is 0 Å². The van der Waals surface area contributed by atoms with Crippen molar-refractivity contribution < 1.29 is 0 Å². The Kier molecular flexibility index (Phi) is 3.95. The van der Waals surface area contributed by atoms with Gasteiger partial charge in [-0.2, -0.15) is 0 Å². The average molecular weight is 251 g/mol. The molecule has 0 bridgehead atoms. The molecule has 0 aromatic heterocycles. The van der Waals surface area contributed by atoms with E-state index in [9.17, 15) is 0 Å². The second-order valence-corrected chi connectivity index (χ2v) is 4.98. The maximum Gasteiger partial charge on any atom is 0.0618 e. The van der Waals surface area contributed by atoms with Crippen LogP contribution in [-0.2, 0) is 0 Å². The van der Waals surface area contributed by atoms with E-state index in [4.69, 9.17) is 17.3 Å². The molecule has 0 spiro atoms. The first kappa shape index (κ1) is 12.3. The summed E-state index contributed by atoms with van der Waals surface area (Å²) in [6, 6.07) is 3.70. The second kappa shape index (κ2) is 5.46. The standard InChI is InChI=1S/C14H19ClN2/c1-10-12(15)6-7-13(16)14(10)17-9-8-11-4-2-3-5-11/h4,6-7,17H,2-3,5,8-9,16H2,1H3. The minimum absolute atomic E-state index is 0.766. The van der Waals surface area contributed by atoms with Crippen molar-refractivity contribution in [1.29, 1.82) is 0 Å². The summed E-state index contributed by atoms with van der Waals surface area (Å²) in [6.07, 6.45) is 7.27. The molecule has 0 fully saturated rings. The Bertz CT molecular complexity index is 438. The predicted molar refractivity (Wildman–Crippen MR) is 75.6 cm³/mol. The molecule has 2 rings (SSSR count). The minimum Gasteiger partial charge on any atom is -0.397 e. The SMILES string of the molecule is Cc1c(Cl)ccc(N)c1NCCC1=CCCC1. The lowest BCUT2D eigenvalue weighted by Crippen LogP contribution is -2.06. The monoisotopic (exact) mass is 250 g/mol. The maximum atomic E-state index is 6.08. The van der Waals surface area contributed by atoms with Crippen LogP contribution in [0.3, 0.4) is 0 Å². The Morgan fingerprint density at radius 2 is 2.24 bits per heavy atom. The zero-order chi connectivity index (χ0) is 12.3. The maximum absolute atomic E-state index is 6.08. The molecule has 1 aromatic carbocycles. The zero-order valence-electron chi connectivity index (χ0n) is 10.2. The summed E-state index contributed by atoms with van der Waals surface area (Å²) in [5.74, 6) is 0.